The first kappa shape index (κ1) is 21.4. The Balaban J connectivity index is 2.16. The number of hydrogen-bond acceptors (Lipinski definition) is 4. The molecule has 1 aromatic carbocycles. The molecule has 6 nitrogen and oxygen atoms in total. The zero-order valence-corrected chi connectivity index (χ0v) is 17.2. The van der Waals surface area contributed by atoms with Crippen LogP contribution >= 0.6 is 0 Å². The van der Waals surface area contributed by atoms with Gasteiger partial charge in [0.15, 0.2) is 0 Å². The predicted molar refractivity (Wildman–Crippen MR) is 103 cm³/mol. The number of sulfonamides is 1. The molecule has 2 rings (SSSR count). The van der Waals surface area contributed by atoms with E-state index in [0.29, 0.717) is 43.4 Å². The molecule has 0 atom stereocenters. The summed E-state index contributed by atoms with van der Waals surface area (Å²) in [6, 6.07) is 5.78. The number of rotatable bonds is 10. The largest absolute Gasteiger partial charge is 0.492 e. The number of aryl methyl sites for hydroxylation is 1. The van der Waals surface area contributed by atoms with Gasteiger partial charge >= 0.3 is 0 Å². The van der Waals surface area contributed by atoms with Crippen LogP contribution < -0.4 is 4.74 Å². The van der Waals surface area contributed by atoms with Crippen LogP contribution in [0.25, 0.3) is 0 Å². The van der Waals surface area contributed by atoms with Crippen LogP contribution in [0.2, 0.25) is 0 Å². The van der Waals surface area contributed by atoms with Crippen LogP contribution in [-0.2, 0) is 16.6 Å². The van der Waals surface area contributed by atoms with Gasteiger partial charge in [-0.1, -0.05) is 13.8 Å². The van der Waals surface area contributed by atoms with E-state index in [1.807, 2.05) is 13.8 Å². The predicted octanol–water partition coefficient (Wildman–Crippen LogP) is 3.53. The fourth-order valence-corrected chi connectivity index (χ4v) is 5.03. The Hall–Kier alpha value is -1.93. The van der Waals surface area contributed by atoms with Gasteiger partial charge in [0.25, 0.3) is 0 Å². The van der Waals surface area contributed by atoms with Crippen LogP contribution in [0.3, 0.4) is 0 Å². The summed E-state index contributed by atoms with van der Waals surface area (Å²) in [7, 11) is -3.58. The molecule has 150 valence electrons. The summed E-state index contributed by atoms with van der Waals surface area (Å²) >= 11 is 0. The zero-order valence-electron chi connectivity index (χ0n) is 16.4. The van der Waals surface area contributed by atoms with Crippen LogP contribution in [0.5, 0.6) is 5.75 Å². The summed E-state index contributed by atoms with van der Waals surface area (Å²) in [6.07, 6.45) is 1.52. The molecule has 0 saturated heterocycles. The van der Waals surface area contributed by atoms with Crippen molar-refractivity contribution in [3.63, 3.8) is 0 Å². The van der Waals surface area contributed by atoms with Crippen molar-refractivity contribution >= 4 is 10.0 Å². The Morgan fingerprint density at radius 3 is 2.26 bits per heavy atom. The molecule has 0 N–H and O–H groups in total. The summed E-state index contributed by atoms with van der Waals surface area (Å²) in [6.45, 7) is 9.11. The first-order valence-corrected chi connectivity index (χ1v) is 10.7. The second kappa shape index (κ2) is 9.32. The van der Waals surface area contributed by atoms with Crippen molar-refractivity contribution in [3.05, 3.63) is 41.5 Å². The van der Waals surface area contributed by atoms with Crippen molar-refractivity contribution in [3.8, 4) is 5.75 Å². The Morgan fingerprint density at radius 2 is 1.70 bits per heavy atom. The Kier molecular flexibility index (Phi) is 7.38. The summed E-state index contributed by atoms with van der Waals surface area (Å²) in [5.41, 5.74) is 1.10. The summed E-state index contributed by atoms with van der Waals surface area (Å²) in [5, 5.41) is 4.40. The Morgan fingerprint density at radius 1 is 1.11 bits per heavy atom. The first-order chi connectivity index (χ1) is 12.8. The maximum atomic E-state index is 13.1. The number of aromatic nitrogens is 2. The van der Waals surface area contributed by atoms with Crippen molar-refractivity contribution in [2.24, 2.45) is 0 Å². The van der Waals surface area contributed by atoms with Crippen molar-refractivity contribution in [2.45, 2.75) is 52.0 Å². The summed E-state index contributed by atoms with van der Waals surface area (Å²) < 4.78 is 47.9. The normalized spacial score (nSPS) is 11.9. The zero-order chi connectivity index (χ0) is 20.0. The minimum absolute atomic E-state index is 0.284. The van der Waals surface area contributed by atoms with E-state index in [-0.39, 0.29) is 10.7 Å². The molecule has 0 saturated carbocycles. The molecule has 0 aliphatic rings. The first-order valence-electron chi connectivity index (χ1n) is 9.23. The number of hydrogen-bond donors (Lipinski definition) is 0. The number of benzene rings is 1. The van der Waals surface area contributed by atoms with Crippen LogP contribution in [-0.4, -0.2) is 42.2 Å². The van der Waals surface area contributed by atoms with E-state index in [2.05, 4.69) is 5.10 Å². The van der Waals surface area contributed by atoms with Crippen LogP contribution in [0, 0.1) is 19.7 Å². The van der Waals surface area contributed by atoms with E-state index in [4.69, 9.17) is 4.74 Å². The molecule has 27 heavy (non-hydrogen) atoms. The highest BCUT2D eigenvalue weighted by atomic mass is 32.2. The SMILES string of the molecule is CCCN(CCC)S(=O)(=O)c1c(C)nn(CCOc2ccc(F)cc2)c1C. The van der Waals surface area contributed by atoms with E-state index in [0.717, 1.165) is 12.8 Å². The quantitative estimate of drug-likeness (QED) is 0.615. The molecule has 0 spiro atoms. The minimum atomic E-state index is -3.58. The molecular formula is C19H28FN3O3S. The van der Waals surface area contributed by atoms with Crippen molar-refractivity contribution in [1.29, 1.82) is 0 Å². The van der Waals surface area contributed by atoms with Gasteiger partial charge < -0.3 is 4.74 Å². The lowest BCUT2D eigenvalue weighted by molar-refractivity contribution is 0.289. The molecule has 0 aliphatic heterocycles. The highest BCUT2D eigenvalue weighted by Gasteiger charge is 2.30. The molecule has 1 heterocycles. The van der Waals surface area contributed by atoms with Crippen LogP contribution in [0.1, 0.15) is 38.1 Å². The smallest absolute Gasteiger partial charge is 0.246 e. The fourth-order valence-electron chi connectivity index (χ4n) is 3.03. The molecule has 0 amide bonds. The maximum Gasteiger partial charge on any atom is 0.246 e. The Bertz CT molecular complexity index is 842. The monoisotopic (exact) mass is 397 g/mol. The number of halogens is 1. The van der Waals surface area contributed by atoms with Crippen LogP contribution in [0.4, 0.5) is 4.39 Å². The second-order valence-corrected chi connectivity index (χ2v) is 8.30. The lowest BCUT2D eigenvalue weighted by Gasteiger charge is -2.21. The van der Waals surface area contributed by atoms with Crippen LogP contribution in [0.15, 0.2) is 29.2 Å². The molecule has 1 aromatic heterocycles. The van der Waals surface area contributed by atoms with Crippen molar-refractivity contribution in [2.75, 3.05) is 19.7 Å². The Labute approximate surface area is 161 Å². The fraction of sp³-hybridized carbons (Fsp3) is 0.526. The van der Waals surface area contributed by atoms with Gasteiger partial charge in [0.05, 0.1) is 17.9 Å². The lowest BCUT2D eigenvalue weighted by Crippen LogP contribution is -2.33. The van der Waals surface area contributed by atoms with Gasteiger partial charge in [-0.25, -0.2) is 12.8 Å². The lowest BCUT2D eigenvalue weighted by atomic mass is 10.3. The highest BCUT2D eigenvalue weighted by molar-refractivity contribution is 7.89. The van der Waals surface area contributed by atoms with E-state index in [1.54, 1.807) is 30.7 Å². The van der Waals surface area contributed by atoms with Gasteiger partial charge in [-0.15, -0.1) is 0 Å². The van der Waals surface area contributed by atoms with Gasteiger partial charge in [0.1, 0.15) is 23.1 Å². The number of ether oxygens (including phenoxy) is 1. The third-order valence-corrected chi connectivity index (χ3v) is 6.40. The average molecular weight is 398 g/mol. The van der Waals surface area contributed by atoms with Gasteiger partial charge in [-0.05, 0) is 51.0 Å². The summed E-state index contributed by atoms with van der Waals surface area (Å²) in [4.78, 5) is 0.284. The van der Waals surface area contributed by atoms with E-state index < -0.39 is 10.0 Å². The molecule has 0 unspecified atom stereocenters. The van der Waals surface area contributed by atoms with Gasteiger partial charge in [0, 0.05) is 13.1 Å². The molecule has 0 fully saturated rings. The number of nitrogens with zero attached hydrogens (tertiary/aromatic N) is 3. The molecule has 0 aliphatic carbocycles. The van der Waals surface area contributed by atoms with E-state index >= 15 is 0 Å². The minimum Gasteiger partial charge on any atom is -0.492 e. The second-order valence-electron chi connectivity index (χ2n) is 6.43. The third kappa shape index (κ3) is 5.07. The van der Waals surface area contributed by atoms with Crippen molar-refractivity contribution < 1.29 is 17.5 Å². The standard InChI is InChI=1S/C19H28FN3O3S/c1-5-11-22(12-6-2)27(24,25)19-15(3)21-23(16(19)4)13-14-26-18-9-7-17(20)8-10-18/h7-10H,5-6,11-14H2,1-4H3. The molecule has 8 heteroatoms. The van der Waals surface area contributed by atoms with Gasteiger partial charge in [-0.3, -0.25) is 4.68 Å². The molecule has 0 bridgehead atoms. The molecular weight excluding hydrogens is 369 g/mol. The highest BCUT2D eigenvalue weighted by Crippen LogP contribution is 2.24. The maximum absolute atomic E-state index is 13.1. The summed E-state index contributed by atoms with van der Waals surface area (Å²) in [5.74, 6) is 0.238. The third-order valence-electron chi connectivity index (χ3n) is 4.24. The van der Waals surface area contributed by atoms with Crippen molar-refractivity contribution in [1.82, 2.24) is 14.1 Å². The van der Waals surface area contributed by atoms with Gasteiger partial charge in [0.2, 0.25) is 10.0 Å². The van der Waals surface area contributed by atoms with Gasteiger partial charge in [-0.2, -0.15) is 9.40 Å². The molecule has 0 radical (unpaired) electrons. The average Bonchev–Trinajstić information content (AvgIpc) is 2.90. The van der Waals surface area contributed by atoms with E-state index in [1.165, 1.54) is 16.4 Å². The van der Waals surface area contributed by atoms with E-state index in [9.17, 15) is 12.8 Å². The topological polar surface area (TPSA) is 64.4 Å². The molecule has 2 aromatic rings.